The molecule has 1 saturated carbocycles. The SMILES string of the molecule is C[CH+]C(C)(O)CCNC(=O)c1ccc2/c(c1C)=C\CC(=CCC1CCCC(C(=O)OC(C)(C)CC)CC1)/C=C/C=2. The molecule has 218 valence electrons. The number of rotatable bonds is 10. The van der Waals surface area contributed by atoms with Crippen LogP contribution < -0.4 is 15.8 Å². The Balaban J connectivity index is 1.64. The Labute approximate surface area is 241 Å². The summed E-state index contributed by atoms with van der Waals surface area (Å²) in [6.07, 6.45) is 21.0. The number of ether oxygens (including phenoxy) is 1. The molecule has 0 heterocycles. The van der Waals surface area contributed by atoms with Crippen LogP contribution in [-0.4, -0.2) is 34.7 Å². The molecule has 2 N–H and O–H groups in total. The molecule has 1 amide bonds. The summed E-state index contributed by atoms with van der Waals surface area (Å²) >= 11 is 0. The normalized spacial score (nSPS) is 24.4. The van der Waals surface area contributed by atoms with Crippen molar-refractivity contribution in [3.05, 3.63) is 63.9 Å². The van der Waals surface area contributed by atoms with Crippen LogP contribution in [0.15, 0.2) is 35.9 Å². The average molecular weight is 549 g/mol. The van der Waals surface area contributed by atoms with Gasteiger partial charge in [-0.25, -0.2) is 0 Å². The highest BCUT2D eigenvalue weighted by molar-refractivity contribution is 5.95. The fraction of sp³-hybridized carbons (Fsp3) is 0.571. The lowest BCUT2D eigenvalue weighted by Gasteiger charge is -2.26. The van der Waals surface area contributed by atoms with Crippen molar-refractivity contribution in [2.75, 3.05) is 6.54 Å². The monoisotopic (exact) mass is 548 g/mol. The molecule has 2 aliphatic carbocycles. The number of hydrogen-bond donors (Lipinski definition) is 2. The number of benzene rings is 1. The molecule has 1 aromatic carbocycles. The number of hydrogen-bond acceptors (Lipinski definition) is 4. The summed E-state index contributed by atoms with van der Waals surface area (Å²) in [5.41, 5.74) is 1.65. The van der Waals surface area contributed by atoms with Gasteiger partial charge in [0.1, 0.15) is 12.0 Å². The first kappa shape index (κ1) is 31.7. The van der Waals surface area contributed by atoms with E-state index in [0.29, 0.717) is 24.4 Å². The molecule has 3 atom stereocenters. The summed E-state index contributed by atoms with van der Waals surface area (Å²) < 4.78 is 5.79. The predicted octanol–water partition coefficient (Wildman–Crippen LogP) is 5.86. The minimum absolute atomic E-state index is 0.0210. The first-order chi connectivity index (χ1) is 18.9. The number of amides is 1. The van der Waals surface area contributed by atoms with Crippen molar-refractivity contribution in [3.8, 4) is 0 Å². The molecular weight excluding hydrogens is 498 g/mol. The van der Waals surface area contributed by atoms with Crippen LogP contribution in [0.4, 0.5) is 0 Å². The second-order valence-corrected chi connectivity index (χ2v) is 12.4. The number of carbonyl (C=O) groups is 2. The zero-order valence-corrected chi connectivity index (χ0v) is 25.5. The number of esters is 1. The number of nitrogens with one attached hydrogen (secondary N) is 1. The van der Waals surface area contributed by atoms with Crippen LogP contribution in [0.25, 0.3) is 12.2 Å². The number of allylic oxidation sites excluding steroid dienone is 4. The van der Waals surface area contributed by atoms with Crippen molar-refractivity contribution in [3.63, 3.8) is 0 Å². The summed E-state index contributed by atoms with van der Waals surface area (Å²) in [5, 5.41) is 15.3. The smallest absolute Gasteiger partial charge is 0.309 e. The van der Waals surface area contributed by atoms with E-state index in [1.807, 2.05) is 39.8 Å². The van der Waals surface area contributed by atoms with Gasteiger partial charge in [0.15, 0.2) is 0 Å². The largest absolute Gasteiger partial charge is 0.459 e. The topological polar surface area (TPSA) is 75.6 Å². The van der Waals surface area contributed by atoms with Gasteiger partial charge in [0.2, 0.25) is 5.60 Å². The predicted molar refractivity (Wildman–Crippen MR) is 164 cm³/mol. The summed E-state index contributed by atoms with van der Waals surface area (Å²) in [5.74, 6) is 0.481. The quantitative estimate of drug-likeness (QED) is 0.218. The summed E-state index contributed by atoms with van der Waals surface area (Å²) in [7, 11) is 0. The van der Waals surface area contributed by atoms with Crippen LogP contribution in [0.1, 0.15) is 108 Å². The van der Waals surface area contributed by atoms with Crippen LogP contribution in [-0.2, 0) is 9.53 Å². The second-order valence-electron chi connectivity index (χ2n) is 12.4. The van der Waals surface area contributed by atoms with Crippen molar-refractivity contribution >= 4 is 24.0 Å². The van der Waals surface area contributed by atoms with Crippen LogP contribution in [0.3, 0.4) is 0 Å². The molecule has 0 saturated heterocycles. The highest BCUT2D eigenvalue weighted by Gasteiger charge is 2.29. The molecule has 0 radical (unpaired) electrons. The summed E-state index contributed by atoms with van der Waals surface area (Å²) in [4.78, 5) is 25.6. The first-order valence-corrected chi connectivity index (χ1v) is 15.2. The van der Waals surface area contributed by atoms with Gasteiger partial charge < -0.3 is 15.2 Å². The maximum Gasteiger partial charge on any atom is 0.309 e. The van der Waals surface area contributed by atoms with Crippen molar-refractivity contribution in [2.45, 2.75) is 111 Å². The van der Waals surface area contributed by atoms with E-state index in [1.54, 1.807) is 13.3 Å². The minimum Gasteiger partial charge on any atom is -0.459 e. The van der Waals surface area contributed by atoms with Gasteiger partial charge in [0, 0.05) is 25.5 Å². The van der Waals surface area contributed by atoms with Crippen LogP contribution in [0.5, 0.6) is 0 Å². The van der Waals surface area contributed by atoms with E-state index >= 15 is 0 Å². The van der Waals surface area contributed by atoms with Gasteiger partial charge in [-0.15, -0.1) is 0 Å². The van der Waals surface area contributed by atoms with E-state index < -0.39 is 5.60 Å². The lowest BCUT2D eigenvalue weighted by Crippen LogP contribution is -2.35. The fourth-order valence-corrected chi connectivity index (χ4v) is 5.39. The Hall–Kier alpha value is -2.79. The molecule has 5 nitrogen and oxygen atoms in total. The standard InChI is InChI=1S/C35H49NO4/c1-7-34(4,5)40-33(38)29-14-10-12-26(17-19-29)15-16-27-11-9-13-28-20-22-31(25(3)30(28)21-18-27)32(37)36-24-23-35(6,39)8-2/h8-9,11,13,16,20-22,26,29,39H,7,10,12,14-15,17-19,23-24H2,1-6H3/p+1/b11-9+,27-16?,28-13+,30-21-. The highest BCUT2D eigenvalue weighted by Crippen LogP contribution is 2.32. The van der Waals surface area contributed by atoms with Gasteiger partial charge in [-0.1, -0.05) is 56.2 Å². The molecule has 0 aromatic heterocycles. The van der Waals surface area contributed by atoms with Crippen LogP contribution in [0.2, 0.25) is 0 Å². The molecule has 2 aliphatic rings. The fourth-order valence-electron chi connectivity index (χ4n) is 5.39. The van der Waals surface area contributed by atoms with Gasteiger partial charge >= 0.3 is 5.97 Å². The molecule has 1 fully saturated rings. The van der Waals surface area contributed by atoms with E-state index in [1.165, 1.54) is 5.57 Å². The number of carbonyl (C=O) groups excluding carboxylic acids is 2. The molecule has 3 rings (SSSR count). The molecular formula is C35H50NO4+. The van der Waals surface area contributed by atoms with Crippen LogP contribution in [0, 0.1) is 25.2 Å². The van der Waals surface area contributed by atoms with Gasteiger partial charge in [-0.05, 0) is 92.9 Å². The molecule has 5 heteroatoms. The summed E-state index contributed by atoms with van der Waals surface area (Å²) in [6.45, 7) is 12.0. The summed E-state index contributed by atoms with van der Waals surface area (Å²) in [6, 6.07) is 3.90. The Bertz CT molecular complexity index is 1220. The maximum atomic E-state index is 12.9. The molecule has 3 unspecified atom stereocenters. The Morgan fingerprint density at radius 2 is 1.95 bits per heavy atom. The van der Waals surface area contributed by atoms with E-state index in [2.05, 4.69) is 42.6 Å². The highest BCUT2D eigenvalue weighted by atomic mass is 16.6. The van der Waals surface area contributed by atoms with Crippen molar-refractivity contribution in [1.82, 2.24) is 5.32 Å². The van der Waals surface area contributed by atoms with Gasteiger partial charge in [0.05, 0.1) is 12.8 Å². The zero-order valence-electron chi connectivity index (χ0n) is 25.5. The molecule has 0 bridgehead atoms. The van der Waals surface area contributed by atoms with Gasteiger partial charge in [-0.2, -0.15) is 0 Å². The average Bonchev–Trinajstić information content (AvgIpc) is 3.14. The van der Waals surface area contributed by atoms with E-state index in [9.17, 15) is 14.7 Å². The third-order valence-electron chi connectivity index (χ3n) is 8.82. The van der Waals surface area contributed by atoms with E-state index in [0.717, 1.165) is 67.4 Å². The third kappa shape index (κ3) is 9.12. The molecule has 1 aromatic rings. The Kier molecular flexibility index (Phi) is 11.3. The third-order valence-corrected chi connectivity index (χ3v) is 8.82. The van der Waals surface area contributed by atoms with E-state index in [4.69, 9.17) is 4.74 Å². The van der Waals surface area contributed by atoms with Crippen molar-refractivity contribution < 1.29 is 19.4 Å². The minimum atomic E-state index is -0.887. The Morgan fingerprint density at radius 3 is 2.67 bits per heavy atom. The lowest BCUT2D eigenvalue weighted by molar-refractivity contribution is -0.162. The van der Waals surface area contributed by atoms with E-state index in [-0.39, 0.29) is 23.4 Å². The number of aliphatic hydroxyl groups is 1. The van der Waals surface area contributed by atoms with Crippen molar-refractivity contribution in [2.24, 2.45) is 11.8 Å². The Morgan fingerprint density at radius 1 is 1.18 bits per heavy atom. The second kappa shape index (κ2) is 14.2. The van der Waals surface area contributed by atoms with Gasteiger partial charge in [-0.3, -0.25) is 9.59 Å². The maximum absolute atomic E-state index is 12.9. The molecule has 0 aliphatic heterocycles. The van der Waals surface area contributed by atoms with Crippen LogP contribution >= 0.6 is 0 Å². The van der Waals surface area contributed by atoms with Crippen molar-refractivity contribution in [1.29, 1.82) is 0 Å². The number of fused-ring (bicyclic) bond motifs is 1. The van der Waals surface area contributed by atoms with Gasteiger partial charge in [0.25, 0.3) is 5.91 Å². The molecule has 0 spiro atoms. The molecule has 40 heavy (non-hydrogen) atoms. The first-order valence-electron chi connectivity index (χ1n) is 15.2. The zero-order chi connectivity index (χ0) is 29.3. The lowest BCUT2D eigenvalue weighted by atomic mass is 9.93.